The zero-order valence-corrected chi connectivity index (χ0v) is 8.67. The number of hydrogen-bond donors (Lipinski definition) is 2. The molecule has 1 saturated carbocycles. The summed E-state index contributed by atoms with van der Waals surface area (Å²) in [6.07, 6.45) is 5.74. The first kappa shape index (κ1) is 9.97. The average Bonchev–Trinajstić information content (AvgIpc) is 2.97. The second kappa shape index (κ2) is 4.30. The molecule has 0 radical (unpaired) electrons. The highest BCUT2D eigenvalue weighted by molar-refractivity contribution is 5.76. The van der Waals surface area contributed by atoms with Gasteiger partial charge in [0, 0.05) is 13.0 Å². The summed E-state index contributed by atoms with van der Waals surface area (Å²) in [6.45, 7) is 1.65. The van der Waals surface area contributed by atoms with E-state index in [1.165, 1.54) is 12.8 Å². The Morgan fingerprint density at radius 3 is 2.71 bits per heavy atom. The third-order valence-electron chi connectivity index (χ3n) is 3.62. The molecule has 80 valence electrons. The van der Waals surface area contributed by atoms with Crippen LogP contribution in [0.1, 0.15) is 32.1 Å². The van der Waals surface area contributed by atoms with E-state index >= 15 is 0 Å². The first-order chi connectivity index (χ1) is 6.81. The Balaban J connectivity index is 1.91. The fourth-order valence-corrected chi connectivity index (χ4v) is 2.75. The van der Waals surface area contributed by atoms with Gasteiger partial charge in [-0.25, -0.2) is 0 Å². The van der Waals surface area contributed by atoms with Crippen molar-refractivity contribution in [2.45, 2.75) is 32.1 Å². The molecule has 1 heterocycles. The predicted octanol–water partition coefficient (Wildman–Crippen LogP) is 0.888. The third kappa shape index (κ3) is 2.27. The molecule has 0 aromatic heterocycles. The van der Waals surface area contributed by atoms with Crippen LogP contribution in [-0.4, -0.2) is 19.0 Å². The molecule has 0 spiro atoms. The van der Waals surface area contributed by atoms with E-state index in [9.17, 15) is 4.79 Å². The first-order valence-electron chi connectivity index (χ1n) is 5.78. The highest BCUT2D eigenvalue weighted by Crippen LogP contribution is 2.44. The zero-order chi connectivity index (χ0) is 9.97. The number of nitrogens with one attached hydrogen (secondary N) is 1. The van der Waals surface area contributed by atoms with Gasteiger partial charge in [-0.1, -0.05) is 0 Å². The summed E-state index contributed by atoms with van der Waals surface area (Å²) >= 11 is 0. The van der Waals surface area contributed by atoms with E-state index in [4.69, 9.17) is 5.73 Å². The summed E-state index contributed by atoms with van der Waals surface area (Å²) in [5.41, 5.74) is 5.64. The van der Waals surface area contributed by atoms with Crippen LogP contribution >= 0.6 is 0 Å². The molecule has 1 aliphatic carbocycles. The number of amides is 1. The van der Waals surface area contributed by atoms with Crippen LogP contribution in [0.4, 0.5) is 0 Å². The van der Waals surface area contributed by atoms with Gasteiger partial charge in [0.2, 0.25) is 5.91 Å². The van der Waals surface area contributed by atoms with Crippen molar-refractivity contribution in [3.05, 3.63) is 0 Å². The number of hydrogen-bond acceptors (Lipinski definition) is 2. The summed E-state index contributed by atoms with van der Waals surface area (Å²) in [6, 6.07) is 0. The van der Waals surface area contributed by atoms with E-state index in [0.29, 0.717) is 5.92 Å². The van der Waals surface area contributed by atoms with Gasteiger partial charge in [0.15, 0.2) is 0 Å². The van der Waals surface area contributed by atoms with E-state index in [2.05, 4.69) is 5.32 Å². The number of carbonyl (C=O) groups is 1. The molecule has 0 bridgehead atoms. The molecule has 3 nitrogen and oxygen atoms in total. The first-order valence-corrected chi connectivity index (χ1v) is 5.78. The van der Waals surface area contributed by atoms with Gasteiger partial charge < -0.3 is 11.1 Å². The van der Waals surface area contributed by atoms with Crippen LogP contribution in [0.5, 0.6) is 0 Å². The fourth-order valence-electron chi connectivity index (χ4n) is 2.75. The van der Waals surface area contributed by atoms with Gasteiger partial charge in [-0.2, -0.15) is 0 Å². The number of nitrogens with two attached hydrogens (primary N) is 1. The minimum Gasteiger partial charge on any atom is -0.356 e. The molecule has 2 aliphatic rings. The molecule has 2 atom stereocenters. The van der Waals surface area contributed by atoms with Gasteiger partial charge in [0.25, 0.3) is 0 Å². The fraction of sp³-hybridized carbons (Fsp3) is 0.909. The standard InChI is InChI=1S/C11H20N2O/c12-5-3-10(8-1-2-8)9-4-6-13-11(14)7-9/h8-10H,1-7,12H2,(H,13,14). The molecule has 2 fully saturated rings. The van der Waals surface area contributed by atoms with Crippen molar-refractivity contribution in [1.29, 1.82) is 0 Å². The second-order valence-electron chi connectivity index (χ2n) is 4.68. The Morgan fingerprint density at radius 2 is 2.14 bits per heavy atom. The molecule has 0 aromatic carbocycles. The molecule has 1 amide bonds. The van der Waals surface area contributed by atoms with Crippen LogP contribution in [0, 0.1) is 17.8 Å². The Bertz CT molecular complexity index is 213. The third-order valence-corrected chi connectivity index (χ3v) is 3.62. The van der Waals surface area contributed by atoms with Crippen molar-refractivity contribution in [3.8, 4) is 0 Å². The maximum atomic E-state index is 11.3. The van der Waals surface area contributed by atoms with Crippen LogP contribution in [-0.2, 0) is 4.79 Å². The van der Waals surface area contributed by atoms with Crippen LogP contribution in [0.25, 0.3) is 0 Å². The SMILES string of the molecule is NCCC(C1CC1)C1CCNC(=O)C1. The van der Waals surface area contributed by atoms with Crippen molar-refractivity contribution >= 4 is 5.91 Å². The van der Waals surface area contributed by atoms with Crippen LogP contribution in [0.15, 0.2) is 0 Å². The molecule has 1 saturated heterocycles. The van der Waals surface area contributed by atoms with E-state index in [0.717, 1.165) is 44.2 Å². The topological polar surface area (TPSA) is 55.1 Å². The molecular formula is C11H20N2O. The van der Waals surface area contributed by atoms with E-state index in [1.54, 1.807) is 0 Å². The van der Waals surface area contributed by atoms with Gasteiger partial charge in [-0.3, -0.25) is 4.79 Å². The van der Waals surface area contributed by atoms with E-state index in [-0.39, 0.29) is 5.91 Å². The molecule has 2 rings (SSSR count). The molecule has 2 unspecified atom stereocenters. The highest BCUT2D eigenvalue weighted by Gasteiger charge is 2.37. The summed E-state index contributed by atoms with van der Waals surface area (Å²) in [5, 5.41) is 2.90. The monoisotopic (exact) mass is 196 g/mol. The van der Waals surface area contributed by atoms with E-state index < -0.39 is 0 Å². The van der Waals surface area contributed by atoms with Gasteiger partial charge in [0.05, 0.1) is 0 Å². The van der Waals surface area contributed by atoms with Gasteiger partial charge in [-0.05, 0) is 50.0 Å². The Morgan fingerprint density at radius 1 is 1.36 bits per heavy atom. The van der Waals surface area contributed by atoms with Crippen LogP contribution in [0.3, 0.4) is 0 Å². The molecule has 3 heteroatoms. The van der Waals surface area contributed by atoms with Crippen molar-refractivity contribution < 1.29 is 4.79 Å². The summed E-state index contributed by atoms with van der Waals surface area (Å²) < 4.78 is 0. The highest BCUT2D eigenvalue weighted by atomic mass is 16.1. The largest absolute Gasteiger partial charge is 0.356 e. The lowest BCUT2D eigenvalue weighted by Gasteiger charge is -2.30. The lowest BCUT2D eigenvalue weighted by Crippen LogP contribution is -2.37. The maximum absolute atomic E-state index is 11.3. The average molecular weight is 196 g/mol. The summed E-state index contributed by atoms with van der Waals surface area (Å²) in [4.78, 5) is 11.3. The molecule has 1 aliphatic heterocycles. The minimum absolute atomic E-state index is 0.240. The molecule has 0 aromatic rings. The van der Waals surface area contributed by atoms with Crippen LogP contribution < -0.4 is 11.1 Å². The molecular weight excluding hydrogens is 176 g/mol. The Hall–Kier alpha value is -0.570. The van der Waals surface area contributed by atoms with Gasteiger partial charge in [0.1, 0.15) is 0 Å². The number of rotatable bonds is 4. The molecule has 14 heavy (non-hydrogen) atoms. The summed E-state index contributed by atoms with van der Waals surface area (Å²) in [5.74, 6) is 2.46. The molecule has 3 N–H and O–H groups in total. The quantitative estimate of drug-likeness (QED) is 0.701. The number of carbonyl (C=O) groups excluding carboxylic acids is 1. The lowest BCUT2D eigenvalue weighted by molar-refractivity contribution is -0.124. The smallest absolute Gasteiger partial charge is 0.220 e. The second-order valence-corrected chi connectivity index (χ2v) is 4.68. The maximum Gasteiger partial charge on any atom is 0.220 e. The van der Waals surface area contributed by atoms with Crippen molar-refractivity contribution in [3.63, 3.8) is 0 Å². The van der Waals surface area contributed by atoms with E-state index in [1.807, 2.05) is 0 Å². The number of piperidine rings is 1. The Labute approximate surface area is 85.4 Å². The van der Waals surface area contributed by atoms with Crippen LogP contribution in [0.2, 0.25) is 0 Å². The Kier molecular flexibility index (Phi) is 3.06. The van der Waals surface area contributed by atoms with Gasteiger partial charge >= 0.3 is 0 Å². The van der Waals surface area contributed by atoms with Crippen molar-refractivity contribution in [2.75, 3.05) is 13.1 Å². The predicted molar refractivity (Wildman–Crippen MR) is 55.6 cm³/mol. The minimum atomic E-state index is 0.240. The van der Waals surface area contributed by atoms with Crippen molar-refractivity contribution in [2.24, 2.45) is 23.5 Å². The normalized spacial score (nSPS) is 29.8. The summed E-state index contributed by atoms with van der Waals surface area (Å²) in [7, 11) is 0. The zero-order valence-electron chi connectivity index (χ0n) is 8.67. The lowest BCUT2D eigenvalue weighted by atomic mass is 9.79. The van der Waals surface area contributed by atoms with Crippen molar-refractivity contribution in [1.82, 2.24) is 5.32 Å². The van der Waals surface area contributed by atoms with Gasteiger partial charge in [-0.15, -0.1) is 0 Å².